The molecular weight excluding hydrogens is 428 g/mol. The molecule has 0 bridgehead atoms. The standard InChI is InChI=1S/C27H44N4O3/c1-17(2)21(14-18(3)16-32)31(10)25(34)23(26(4,5)6)30-24(33)22(29-9)27(7,8)19-12-11-13-20(28)15-19/h11-17,21-23,29H,28H2,1-10H3,(H,30,33)/b18-14+/t21-,22-,23?/m1/s1. The van der Waals surface area contributed by atoms with E-state index < -0.39 is 22.9 Å². The lowest BCUT2D eigenvalue weighted by Crippen LogP contribution is -2.61. The van der Waals surface area contributed by atoms with Gasteiger partial charge in [0.25, 0.3) is 0 Å². The first kappa shape index (κ1) is 29.4. The van der Waals surface area contributed by atoms with Gasteiger partial charge in [-0.15, -0.1) is 0 Å². The molecule has 0 radical (unpaired) electrons. The number of aldehydes is 1. The SMILES string of the molecule is CN[C@H](C(=O)NC(C(=O)N(C)[C@H](/C=C(\C)C=O)C(C)C)C(C)(C)C)C(C)(C)c1cccc(N)c1. The van der Waals surface area contributed by atoms with E-state index in [0.717, 1.165) is 11.8 Å². The van der Waals surface area contributed by atoms with Crippen LogP contribution >= 0.6 is 0 Å². The number of likely N-dealkylation sites (N-methyl/N-ethyl adjacent to an activating group) is 2. The molecule has 2 amide bonds. The highest BCUT2D eigenvalue weighted by Gasteiger charge is 2.41. The summed E-state index contributed by atoms with van der Waals surface area (Å²) < 4.78 is 0. The molecule has 0 aliphatic heterocycles. The van der Waals surface area contributed by atoms with Gasteiger partial charge in [0, 0.05) is 18.2 Å². The summed E-state index contributed by atoms with van der Waals surface area (Å²) in [7, 11) is 3.46. The van der Waals surface area contributed by atoms with Crippen molar-refractivity contribution >= 4 is 23.8 Å². The molecule has 0 spiro atoms. The van der Waals surface area contributed by atoms with Crippen LogP contribution < -0.4 is 16.4 Å². The van der Waals surface area contributed by atoms with E-state index in [0.29, 0.717) is 11.3 Å². The molecular formula is C27H44N4O3. The molecule has 0 aromatic heterocycles. The van der Waals surface area contributed by atoms with Gasteiger partial charge in [-0.05, 0) is 48.6 Å². The minimum Gasteiger partial charge on any atom is -0.399 e. The Labute approximate surface area is 205 Å². The molecule has 1 aromatic carbocycles. The molecule has 1 rings (SSSR count). The van der Waals surface area contributed by atoms with Crippen molar-refractivity contribution in [2.45, 2.75) is 78.9 Å². The summed E-state index contributed by atoms with van der Waals surface area (Å²) in [6.07, 6.45) is 2.59. The van der Waals surface area contributed by atoms with Crippen molar-refractivity contribution in [2.75, 3.05) is 19.8 Å². The normalized spacial score (nSPS) is 15.4. The molecule has 7 nitrogen and oxygen atoms in total. The van der Waals surface area contributed by atoms with E-state index in [2.05, 4.69) is 10.6 Å². The van der Waals surface area contributed by atoms with Gasteiger partial charge >= 0.3 is 0 Å². The van der Waals surface area contributed by atoms with Gasteiger partial charge in [0.05, 0.1) is 12.1 Å². The number of carbonyl (C=O) groups excluding carboxylic acids is 3. The van der Waals surface area contributed by atoms with Crippen LogP contribution in [0.25, 0.3) is 0 Å². The van der Waals surface area contributed by atoms with Crippen LogP contribution in [0.2, 0.25) is 0 Å². The smallest absolute Gasteiger partial charge is 0.245 e. The second-order valence-corrected chi connectivity index (χ2v) is 11.1. The van der Waals surface area contributed by atoms with Gasteiger partial charge in [-0.1, -0.05) is 66.7 Å². The van der Waals surface area contributed by atoms with Crippen molar-refractivity contribution in [3.63, 3.8) is 0 Å². The largest absolute Gasteiger partial charge is 0.399 e. The number of carbonyl (C=O) groups is 3. The van der Waals surface area contributed by atoms with Gasteiger partial charge in [0.15, 0.2) is 0 Å². The average Bonchev–Trinajstić information content (AvgIpc) is 2.73. The van der Waals surface area contributed by atoms with E-state index in [1.807, 2.05) is 72.7 Å². The van der Waals surface area contributed by atoms with Crippen molar-refractivity contribution in [3.8, 4) is 0 Å². The van der Waals surface area contributed by atoms with Crippen LogP contribution in [0.5, 0.6) is 0 Å². The van der Waals surface area contributed by atoms with Crippen molar-refractivity contribution in [1.29, 1.82) is 0 Å². The highest BCUT2D eigenvalue weighted by molar-refractivity contribution is 5.91. The first-order valence-corrected chi connectivity index (χ1v) is 11.8. The third kappa shape index (κ3) is 7.16. The molecule has 190 valence electrons. The number of nitrogen functional groups attached to an aromatic ring is 1. The van der Waals surface area contributed by atoms with E-state index in [4.69, 9.17) is 5.73 Å². The van der Waals surface area contributed by atoms with E-state index in [-0.39, 0.29) is 23.8 Å². The molecule has 0 fully saturated rings. The predicted octanol–water partition coefficient (Wildman–Crippen LogP) is 3.29. The van der Waals surface area contributed by atoms with E-state index in [1.165, 1.54) is 0 Å². The molecule has 4 N–H and O–H groups in total. The number of nitrogens with one attached hydrogen (secondary N) is 2. The highest BCUT2D eigenvalue weighted by Crippen LogP contribution is 2.30. The second-order valence-electron chi connectivity index (χ2n) is 11.1. The fraction of sp³-hybridized carbons (Fsp3) is 0.593. The molecule has 1 unspecified atom stereocenters. The maximum absolute atomic E-state index is 13.7. The fourth-order valence-electron chi connectivity index (χ4n) is 4.21. The third-order valence-electron chi connectivity index (χ3n) is 6.40. The number of hydrogen-bond acceptors (Lipinski definition) is 5. The van der Waals surface area contributed by atoms with Crippen LogP contribution in [0.1, 0.15) is 61.0 Å². The molecule has 0 heterocycles. The molecule has 3 atom stereocenters. The quantitative estimate of drug-likeness (QED) is 0.275. The Balaban J connectivity index is 3.30. The van der Waals surface area contributed by atoms with E-state index in [1.54, 1.807) is 32.0 Å². The third-order valence-corrected chi connectivity index (χ3v) is 6.40. The molecule has 0 aliphatic rings. The minimum atomic E-state index is -0.760. The zero-order chi connectivity index (χ0) is 26.4. The van der Waals surface area contributed by atoms with Crippen LogP contribution in [0.3, 0.4) is 0 Å². The van der Waals surface area contributed by atoms with Crippen LogP contribution in [0, 0.1) is 11.3 Å². The summed E-state index contributed by atoms with van der Waals surface area (Å²) in [6.45, 7) is 15.5. The first-order valence-electron chi connectivity index (χ1n) is 11.8. The Morgan fingerprint density at radius 2 is 1.68 bits per heavy atom. The number of benzene rings is 1. The summed E-state index contributed by atoms with van der Waals surface area (Å²) in [6, 6.07) is 5.86. The molecule has 0 aliphatic carbocycles. The molecule has 0 saturated heterocycles. The maximum atomic E-state index is 13.7. The first-order chi connectivity index (χ1) is 15.6. The monoisotopic (exact) mass is 472 g/mol. The Bertz CT molecular complexity index is 899. The van der Waals surface area contributed by atoms with Gasteiger partial charge in [0.1, 0.15) is 12.3 Å². The minimum absolute atomic E-state index is 0.0905. The Hall–Kier alpha value is -2.67. The molecule has 0 saturated carbocycles. The average molecular weight is 473 g/mol. The van der Waals surface area contributed by atoms with Gasteiger partial charge < -0.3 is 21.3 Å². The van der Waals surface area contributed by atoms with Crippen molar-refractivity contribution in [3.05, 3.63) is 41.5 Å². The zero-order valence-electron chi connectivity index (χ0n) is 22.5. The Morgan fingerprint density at radius 1 is 1.09 bits per heavy atom. The van der Waals surface area contributed by atoms with Gasteiger partial charge in [-0.25, -0.2) is 0 Å². The number of nitrogens with two attached hydrogens (primary N) is 1. The number of allylic oxidation sites excluding steroid dienone is 1. The number of amides is 2. The van der Waals surface area contributed by atoms with E-state index in [9.17, 15) is 14.4 Å². The van der Waals surface area contributed by atoms with Crippen LogP contribution in [-0.2, 0) is 19.8 Å². The lowest BCUT2D eigenvalue weighted by Gasteiger charge is -2.40. The van der Waals surface area contributed by atoms with Crippen LogP contribution in [0.15, 0.2) is 35.9 Å². The van der Waals surface area contributed by atoms with Crippen LogP contribution in [0.4, 0.5) is 5.69 Å². The highest BCUT2D eigenvalue weighted by atomic mass is 16.2. The number of rotatable bonds is 10. The Kier molecular flexibility index (Phi) is 10.1. The number of anilines is 1. The number of nitrogens with zero attached hydrogens (tertiary/aromatic N) is 1. The summed E-state index contributed by atoms with van der Waals surface area (Å²) >= 11 is 0. The lowest BCUT2D eigenvalue weighted by atomic mass is 9.76. The molecule has 7 heteroatoms. The summed E-state index contributed by atoms with van der Waals surface area (Å²) in [5.74, 6) is -0.379. The van der Waals surface area contributed by atoms with Crippen molar-refractivity contribution < 1.29 is 14.4 Å². The van der Waals surface area contributed by atoms with Crippen molar-refractivity contribution in [1.82, 2.24) is 15.5 Å². The van der Waals surface area contributed by atoms with Crippen LogP contribution in [-0.4, -0.2) is 55.2 Å². The predicted molar refractivity (Wildman–Crippen MR) is 139 cm³/mol. The maximum Gasteiger partial charge on any atom is 0.245 e. The second kappa shape index (κ2) is 11.6. The number of hydrogen-bond donors (Lipinski definition) is 3. The topological polar surface area (TPSA) is 105 Å². The zero-order valence-corrected chi connectivity index (χ0v) is 22.5. The molecule has 1 aromatic rings. The summed E-state index contributed by atoms with van der Waals surface area (Å²) in [4.78, 5) is 40.1. The Morgan fingerprint density at radius 3 is 2.12 bits per heavy atom. The van der Waals surface area contributed by atoms with Crippen molar-refractivity contribution in [2.24, 2.45) is 11.3 Å². The van der Waals surface area contributed by atoms with E-state index >= 15 is 0 Å². The van der Waals surface area contributed by atoms with Gasteiger partial charge in [0.2, 0.25) is 11.8 Å². The van der Waals surface area contributed by atoms with Gasteiger partial charge in [-0.2, -0.15) is 0 Å². The lowest BCUT2D eigenvalue weighted by molar-refractivity contribution is -0.140. The summed E-state index contributed by atoms with van der Waals surface area (Å²) in [5, 5.41) is 6.16. The summed E-state index contributed by atoms with van der Waals surface area (Å²) in [5.41, 5.74) is 6.98. The fourth-order valence-corrected chi connectivity index (χ4v) is 4.21. The molecule has 34 heavy (non-hydrogen) atoms. The van der Waals surface area contributed by atoms with Gasteiger partial charge in [-0.3, -0.25) is 14.4 Å².